The lowest BCUT2D eigenvalue weighted by atomic mass is 9.87. The van der Waals surface area contributed by atoms with Crippen LogP contribution in [0.4, 0.5) is 11.4 Å². The molecule has 0 bridgehead atoms. The summed E-state index contributed by atoms with van der Waals surface area (Å²) < 4.78 is 7.26. The van der Waals surface area contributed by atoms with Crippen molar-refractivity contribution < 1.29 is 14.3 Å². The molecule has 2 fully saturated rings. The summed E-state index contributed by atoms with van der Waals surface area (Å²) in [5.74, 6) is 0.582. The van der Waals surface area contributed by atoms with Gasteiger partial charge >= 0.3 is 0 Å². The lowest BCUT2D eigenvalue weighted by Gasteiger charge is -2.36. The van der Waals surface area contributed by atoms with Gasteiger partial charge in [0.05, 0.1) is 12.8 Å². The van der Waals surface area contributed by atoms with E-state index in [1.165, 1.54) is 0 Å². The molecule has 4 rings (SSSR count). The first-order valence-corrected chi connectivity index (χ1v) is 9.65. The minimum absolute atomic E-state index is 0.0928. The van der Waals surface area contributed by atoms with Crippen molar-refractivity contribution in [1.29, 1.82) is 0 Å². The second-order valence-electron chi connectivity index (χ2n) is 7.22. The largest absolute Gasteiger partial charge is 0.494 e. The highest BCUT2D eigenvalue weighted by Gasteiger charge is 2.42. The van der Waals surface area contributed by atoms with Crippen LogP contribution in [0.15, 0.2) is 36.7 Å². The molecule has 2 saturated heterocycles. The second-order valence-corrected chi connectivity index (χ2v) is 7.22. The number of hydrogen-bond acceptors (Lipinski definition) is 5. The van der Waals surface area contributed by atoms with Crippen LogP contribution in [0.1, 0.15) is 25.7 Å². The number of aromatic nitrogens is 2. The molecule has 0 atom stereocenters. The zero-order valence-electron chi connectivity index (χ0n) is 16.0. The minimum atomic E-state index is -0.717. The Labute approximate surface area is 163 Å². The molecule has 8 nitrogen and oxygen atoms in total. The van der Waals surface area contributed by atoms with Crippen LogP contribution in [0.3, 0.4) is 0 Å². The summed E-state index contributed by atoms with van der Waals surface area (Å²) in [6, 6.07) is 7.26. The van der Waals surface area contributed by atoms with Gasteiger partial charge in [0.1, 0.15) is 11.3 Å². The molecule has 0 unspecified atom stereocenters. The number of methoxy groups -OCH3 is 1. The van der Waals surface area contributed by atoms with Gasteiger partial charge < -0.3 is 20.3 Å². The van der Waals surface area contributed by atoms with Crippen LogP contribution in [0.5, 0.6) is 5.75 Å². The number of piperidine rings is 1. The van der Waals surface area contributed by atoms with Gasteiger partial charge in [-0.05, 0) is 50.6 Å². The van der Waals surface area contributed by atoms with E-state index in [4.69, 9.17) is 4.74 Å². The van der Waals surface area contributed by atoms with E-state index in [0.717, 1.165) is 25.2 Å². The van der Waals surface area contributed by atoms with Crippen molar-refractivity contribution in [3.05, 3.63) is 36.7 Å². The lowest BCUT2D eigenvalue weighted by Crippen LogP contribution is -2.52. The van der Waals surface area contributed by atoms with E-state index in [2.05, 4.69) is 15.7 Å². The van der Waals surface area contributed by atoms with Crippen molar-refractivity contribution >= 4 is 23.2 Å². The van der Waals surface area contributed by atoms with E-state index >= 15 is 0 Å². The summed E-state index contributed by atoms with van der Waals surface area (Å²) in [5, 5.41) is 10.7. The molecular formula is C20H25N5O3. The highest BCUT2D eigenvalue weighted by atomic mass is 16.5. The van der Waals surface area contributed by atoms with E-state index in [1.807, 2.05) is 24.4 Å². The van der Waals surface area contributed by atoms with E-state index in [-0.39, 0.29) is 11.8 Å². The molecule has 0 spiro atoms. The van der Waals surface area contributed by atoms with Crippen LogP contribution in [-0.4, -0.2) is 48.3 Å². The zero-order chi connectivity index (χ0) is 19.6. The summed E-state index contributed by atoms with van der Waals surface area (Å²) in [7, 11) is 1.57. The van der Waals surface area contributed by atoms with Gasteiger partial charge in [-0.2, -0.15) is 5.10 Å². The third kappa shape index (κ3) is 3.24. The third-order valence-corrected chi connectivity index (χ3v) is 5.60. The lowest BCUT2D eigenvalue weighted by molar-refractivity contribution is -0.126. The normalized spacial score (nSPS) is 18.9. The predicted octanol–water partition coefficient (Wildman–Crippen LogP) is 1.74. The fraction of sp³-hybridized carbons (Fsp3) is 0.450. The van der Waals surface area contributed by atoms with Gasteiger partial charge in [0.2, 0.25) is 5.91 Å². The molecule has 2 N–H and O–H groups in total. The van der Waals surface area contributed by atoms with Gasteiger partial charge in [-0.15, -0.1) is 0 Å². The van der Waals surface area contributed by atoms with Crippen molar-refractivity contribution in [3.8, 4) is 5.75 Å². The molecule has 148 valence electrons. The van der Waals surface area contributed by atoms with Crippen LogP contribution in [0, 0.1) is 0 Å². The molecule has 3 heterocycles. The van der Waals surface area contributed by atoms with E-state index in [1.54, 1.807) is 29.0 Å². The van der Waals surface area contributed by atoms with Gasteiger partial charge in [-0.3, -0.25) is 14.3 Å². The summed E-state index contributed by atoms with van der Waals surface area (Å²) in [5.41, 5.74) is 0.667. The summed E-state index contributed by atoms with van der Waals surface area (Å²) in [4.78, 5) is 27.1. The van der Waals surface area contributed by atoms with Crippen molar-refractivity contribution in [3.63, 3.8) is 0 Å². The zero-order valence-corrected chi connectivity index (χ0v) is 16.0. The minimum Gasteiger partial charge on any atom is -0.494 e. The van der Waals surface area contributed by atoms with E-state index in [0.29, 0.717) is 37.2 Å². The second kappa shape index (κ2) is 7.63. The van der Waals surface area contributed by atoms with E-state index < -0.39 is 5.54 Å². The Morgan fingerprint density at radius 1 is 1.32 bits per heavy atom. The van der Waals surface area contributed by atoms with Crippen LogP contribution in [0.2, 0.25) is 0 Å². The van der Waals surface area contributed by atoms with E-state index in [9.17, 15) is 9.59 Å². The topological polar surface area (TPSA) is 88.5 Å². The average molecular weight is 383 g/mol. The smallest absolute Gasteiger partial charge is 0.252 e. The number of ether oxygens (including phenoxy) is 1. The highest BCUT2D eigenvalue weighted by molar-refractivity contribution is 5.99. The number of hydrogen-bond donors (Lipinski definition) is 2. The maximum atomic E-state index is 13.3. The molecule has 2 aromatic rings. The predicted molar refractivity (Wildman–Crippen MR) is 106 cm³/mol. The SMILES string of the molecule is COc1cc(NC(=O)C2(n3cccn3)CCNCC2)ccc1N1CCCC1=O. The first kappa shape index (κ1) is 18.5. The first-order chi connectivity index (χ1) is 13.6. The Balaban J connectivity index is 1.59. The Bertz CT molecular complexity index is 859. The number of carbonyl (C=O) groups is 2. The van der Waals surface area contributed by atoms with Gasteiger partial charge in [0, 0.05) is 37.1 Å². The Kier molecular flexibility index (Phi) is 5.04. The first-order valence-electron chi connectivity index (χ1n) is 9.65. The summed E-state index contributed by atoms with van der Waals surface area (Å²) in [6.45, 7) is 2.20. The number of anilines is 2. The van der Waals surface area contributed by atoms with Gasteiger partial charge in [0.25, 0.3) is 5.91 Å². The van der Waals surface area contributed by atoms with Gasteiger partial charge in [-0.1, -0.05) is 0 Å². The van der Waals surface area contributed by atoms with Crippen LogP contribution in [0.25, 0.3) is 0 Å². The Hall–Kier alpha value is -2.87. The fourth-order valence-corrected chi connectivity index (χ4v) is 4.05. The van der Waals surface area contributed by atoms with Crippen molar-refractivity contribution in [2.45, 2.75) is 31.2 Å². The van der Waals surface area contributed by atoms with Crippen LogP contribution in [-0.2, 0) is 15.1 Å². The number of nitrogens with zero attached hydrogens (tertiary/aromatic N) is 3. The monoisotopic (exact) mass is 383 g/mol. The molecule has 1 aromatic carbocycles. The maximum absolute atomic E-state index is 13.3. The molecule has 28 heavy (non-hydrogen) atoms. The van der Waals surface area contributed by atoms with Gasteiger partial charge in [-0.25, -0.2) is 0 Å². The summed E-state index contributed by atoms with van der Waals surface area (Å²) in [6.07, 6.45) is 6.27. The Morgan fingerprint density at radius 2 is 2.14 bits per heavy atom. The molecule has 1 aromatic heterocycles. The van der Waals surface area contributed by atoms with Crippen LogP contribution >= 0.6 is 0 Å². The molecule has 0 radical (unpaired) electrons. The maximum Gasteiger partial charge on any atom is 0.252 e. The number of rotatable bonds is 5. The molecule has 8 heteroatoms. The standard InChI is InChI=1S/C20H25N5O3/c1-28-17-14-15(5-6-16(17)24-12-2-4-18(24)26)23-19(27)20(7-10-21-11-8-20)25-13-3-9-22-25/h3,5-6,9,13-14,21H,2,4,7-8,10-12H2,1H3,(H,23,27). The summed E-state index contributed by atoms with van der Waals surface area (Å²) >= 11 is 0. The van der Waals surface area contributed by atoms with Gasteiger partial charge in [0.15, 0.2) is 0 Å². The number of carbonyl (C=O) groups excluding carboxylic acids is 2. The fourth-order valence-electron chi connectivity index (χ4n) is 4.05. The van der Waals surface area contributed by atoms with Crippen molar-refractivity contribution in [2.24, 2.45) is 0 Å². The molecule has 2 amide bonds. The Morgan fingerprint density at radius 3 is 2.79 bits per heavy atom. The average Bonchev–Trinajstić information content (AvgIpc) is 3.40. The third-order valence-electron chi connectivity index (χ3n) is 5.60. The van der Waals surface area contributed by atoms with Crippen molar-refractivity contribution in [2.75, 3.05) is 37.0 Å². The van der Waals surface area contributed by atoms with Crippen molar-refractivity contribution in [1.82, 2.24) is 15.1 Å². The molecule has 2 aliphatic heterocycles. The number of benzene rings is 1. The number of amides is 2. The molecule has 0 aliphatic carbocycles. The molecule has 2 aliphatic rings. The highest BCUT2D eigenvalue weighted by Crippen LogP contribution is 2.35. The van der Waals surface area contributed by atoms with Crippen LogP contribution < -0.4 is 20.3 Å². The quantitative estimate of drug-likeness (QED) is 0.821. The number of nitrogens with one attached hydrogen (secondary N) is 2. The molecular weight excluding hydrogens is 358 g/mol. The molecule has 0 saturated carbocycles.